The standard InChI is InChI=1S/C10H23FO4Si/c1-4-13-16(14-5-2,15-6-3)9-7-8-12-10-11/h4-10H2,1-3H3. The molecular formula is C10H23FO4Si. The predicted octanol–water partition coefficient (Wildman–Crippen LogP) is 2.37. The van der Waals surface area contributed by atoms with Crippen LogP contribution in [0, 0.1) is 0 Å². The van der Waals surface area contributed by atoms with Crippen molar-refractivity contribution in [2.45, 2.75) is 33.2 Å². The van der Waals surface area contributed by atoms with Crippen molar-refractivity contribution in [2.24, 2.45) is 0 Å². The zero-order valence-corrected chi connectivity index (χ0v) is 11.5. The molecule has 0 rings (SSSR count). The minimum Gasteiger partial charge on any atom is -0.374 e. The van der Waals surface area contributed by atoms with Crippen molar-refractivity contribution in [3.05, 3.63) is 0 Å². The molecule has 0 radical (unpaired) electrons. The van der Waals surface area contributed by atoms with Gasteiger partial charge < -0.3 is 18.0 Å². The molecule has 0 saturated heterocycles. The molecular weight excluding hydrogens is 231 g/mol. The fourth-order valence-electron chi connectivity index (χ4n) is 1.45. The highest BCUT2D eigenvalue weighted by molar-refractivity contribution is 6.60. The van der Waals surface area contributed by atoms with E-state index in [4.69, 9.17) is 13.3 Å². The molecule has 0 aliphatic carbocycles. The molecule has 4 nitrogen and oxygen atoms in total. The molecule has 0 heterocycles. The lowest BCUT2D eigenvalue weighted by molar-refractivity contribution is 0.0465. The summed E-state index contributed by atoms with van der Waals surface area (Å²) >= 11 is 0. The summed E-state index contributed by atoms with van der Waals surface area (Å²) in [6.07, 6.45) is 0.691. The van der Waals surface area contributed by atoms with Gasteiger partial charge in [0.1, 0.15) is 0 Å². The summed E-state index contributed by atoms with van der Waals surface area (Å²) < 4.78 is 33.3. The van der Waals surface area contributed by atoms with E-state index >= 15 is 0 Å². The van der Waals surface area contributed by atoms with Gasteiger partial charge in [0.25, 0.3) is 0 Å². The zero-order valence-electron chi connectivity index (χ0n) is 10.5. The number of halogens is 1. The summed E-state index contributed by atoms with van der Waals surface area (Å²) in [6.45, 7) is 7.07. The van der Waals surface area contributed by atoms with Gasteiger partial charge in [-0.2, -0.15) is 0 Å². The lowest BCUT2D eigenvalue weighted by Gasteiger charge is -2.28. The molecule has 16 heavy (non-hydrogen) atoms. The van der Waals surface area contributed by atoms with E-state index in [0.717, 1.165) is 0 Å². The van der Waals surface area contributed by atoms with Gasteiger partial charge in [-0.25, -0.2) is 4.39 Å². The van der Waals surface area contributed by atoms with Crippen LogP contribution in [0.15, 0.2) is 0 Å². The predicted molar refractivity (Wildman–Crippen MR) is 62.0 cm³/mol. The highest BCUT2D eigenvalue weighted by Gasteiger charge is 2.39. The Bertz CT molecular complexity index is 143. The van der Waals surface area contributed by atoms with Crippen LogP contribution in [0.1, 0.15) is 27.2 Å². The van der Waals surface area contributed by atoms with Gasteiger partial charge in [0, 0.05) is 32.5 Å². The molecule has 0 amide bonds. The summed E-state index contributed by atoms with van der Waals surface area (Å²) in [5.74, 6) is 0. The fraction of sp³-hybridized carbons (Fsp3) is 1.00. The van der Waals surface area contributed by atoms with Gasteiger partial charge in [-0.05, 0) is 27.2 Å². The quantitative estimate of drug-likeness (QED) is 0.419. The maximum Gasteiger partial charge on any atom is 0.501 e. The third kappa shape index (κ3) is 6.54. The average Bonchev–Trinajstić information content (AvgIpc) is 2.26. The van der Waals surface area contributed by atoms with E-state index in [0.29, 0.717) is 38.9 Å². The third-order valence-corrected chi connectivity index (χ3v) is 5.09. The molecule has 0 fully saturated rings. The maximum atomic E-state index is 11.8. The van der Waals surface area contributed by atoms with Crippen LogP contribution in [0.4, 0.5) is 4.39 Å². The van der Waals surface area contributed by atoms with Gasteiger partial charge in [0.15, 0.2) is 6.86 Å². The first-order chi connectivity index (χ1) is 7.74. The Hall–Kier alpha value is -0.0131. The summed E-state index contributed by atoms with van der Waals surface area (Å²) in [6, 6.07) is 0.669. The smallest absolute Gasteiger partial charge is 0.374 e. The summed E-state index contributed by atoms with van der Waals surface area (Å²) in [5.41, 5.74) is 0. The first-order valence-electron chi connectivity index (χ1n) is 5.80. The Labute approximate surface area is 98.4 Å². The van der Waals surface area contributed by atoms with Crippen LogP contribution in [0.3, 0.4) is 0 Å². The van der Waals surface area contributed by atoms with E-state index in [-0.39, 0.29) is 0 Å². The minimum absolute atomic E-state index is 0.373. The summed E-state index contributed by atoms with van der Waals surface area (Å²) in [5, 5.41) is 0. The number of hydrogen-bond donors (Lipinski definition) is 0. The molecule has 0 aromatic rings. The first kappa shape index (κ1) is 16.0. The molecule has 0 aliphatic rings. The second-order valence-corrected chi connectivity index (χ2v) is 5.84. The van der Waals surface area contributed by atoms with Crippen molar-refractivity contribution in [1.29, 1.82) is 0 Å². The lowest BCUT2D eigenvalue weighted by Crippen LogP contribution is -2.46. The summed E-state index contributed by atoms with van der Waals surface area (Å²) in [4.78, 5) is 0. The maximum absolute atomic E-state index is 11.8. The van der Waals surface area contributed by atoms with Crippen LogP contribution < -0.4 is 0 Å². The molecule has 6 heteroatoms. The van der Waals surface area contributed by atoms with Crippen LogP contribution in [-0.2, 0) is 18.0 Å². The van der Waals surface area contributed by atoms with Crippen molar-refractivity contribution in [1.82, 2.24) is 0 Å². The van der Waals surface area contributed by atoms with Crippen molar-refractivity contribution in [2.75, 3.05) is 33.3 Å². The topological polar surface area (TPSA) is 36.9 Å². The highest BCUT2D eigenvalue weighted by Crippen LogP contribution is 2.18. The third-order valence-electron chi connectivity index (χ3n) is 1.94. The van der Waals surface area contributed by atoms with Gasteiger partial charge in [0.05, 0.1) is 0 Å². The van der Waals surface area contributed by atoms with Gasteiger partial charge in [-0.15, -0.1) is 0 Å². The van der Waals surface area contributed by atoms with E-state index < -0.39 is 15.7 Å². The minimum atomic E-state index is -2.55. The van der Waals surface area contributed by atoms with Crippen LogP contribution >= 0.6 is 0 Å². The number of ether oxygens (including phenoxy) is 1. The first-order valence-corrected chi connectivity index (χ1v) is 7.73. The second-order valence-electron chi connectivity index (χ2n) is 3.10. The van der Waals surface area contributed by atoms with Crippen molar-refractivity contribution >= 4 is 8.80 Å². The van der Waals surface area contributed by atoms with Crippen LogP contribution in [0.25, 0.3) is 0 Å². The number of hydrogen-bond acceptors (Lipinski definition) is 4. The molecule has 98 valence electrons. The zero-order chi connectivity index (χ0) is 12.3. The molecule has 0 N–H and O–H groups in total. The summed E-state index contributed by atoms with van der Waals surface area (Å²) in [7, 11) is -2.55. The van der Waals surface area contributed by atoms with E-state index in [9.17, 15) is 4.39 Å². The molecule has 0 aromatic heterocycles. The Morgan fingerprint density at radius 2 is 1.44 bits per heavy atom. The van der Waals surface area contributed by atoms with Gasteiger partial charge >= 0.3 is 8.80 Å². The molecule has 0 bridgehead atoms. The lowest BCUT2D eigenvalue weighted by atomic mass is 10.5. The molecule has 0 spiro atoms. The normalized spacial score (nSPS) is 12.0. The molecule has 0 aliphatic heterocycles. The molecule has 0 unspecified atom stereocenters. The molecule has 0 atom stereocenters. The van der Waals surface area contributed by atoms with E-state index in [2.05, 4.69) is 4.74 Å². The van der Waals surface area contributed by atoms with Gasteiger partial charge in [-0.3, -0.25) is 0 Å². The monoisotopic (exact) mass is 254 g/mol. The highest BCUT2D eigenvalue weighted by atomic mass is 28.4. The van der Waals surface area contributed by atoms with Gasteiger partial charge in [0.2, 0.25) is 0 Å². The van der Waals surface area contributed by atoms with Crippen LogP contribution in [0.2, 0.25) is 6.04 Å². The number of rotatable bonds is 11. The average molecular weight is 254 g/mol. The van der Waals surface area contributed by atoms with Crippen molar-refractivity contribution in [3.8, 4) is 0 Å². The van der Waals surface area contributed by atoms with E-state index in [1.54, 1.807) is 0 Å². The van der Waals surface area contributed by atoms with E-state index in [1.165, 1.54) is 0 Å². The van der Waals surface area contributed by atoms with Gasteiger partial charge in [-0.1, -0.05) is 0 Å². The van der Waals surface area contributed by atoms with Crippen LogP contribution in [0.5, 0.6) is 0 Å². The Kier molecular flexibility index (Phi) is 10.2. The van der Waals surface area contributed by atoms with Crippen LogP contribution in [-0.4, -0.2) is 42.1 Å². The van der Waals surface area contributed by atoms with Crippen molar-refractivity contribution in [3.63, 3.8) is 0 Å². The largest absolute Gasteiger partial charge is 0.501 e. The molecule has 0 aromatic carbocycles. The Morgan fingerprint density at radius 3 is 1.81 bits per heavy atom. The number of alkyl halides is 1. The Balaban J connectivity index is 4.12. The SMILES string of the molecule is CCO[Si](CCCOCF)(OCC)OCC. The van der Waals surface area contributed by atoms with Crippen molar-refractivity contribution < 1.29 is 22.4 Å². The Morgan fingerprint density at radius 1 is 0.938 bits per heavy atom. The fourth-order valence-corrected chi connectivity index (χ4v) is 4.03. The van der Waals surface area contributed by atoms with E-state index in [1.807, 2.05) is 20.8 Å². The second kappa shape index (κ2) is 10.2. The molecule has 0 saturated carbocycles.